The van der Waals surface area contributed by atoms with E-state index >= 15 is 0 Å². The van der Waals surface area contributed by atoms with Gasteiger partial charge in [-0.3, -0.25) is 0 Å². The maximum atomic E-state index is 9.05. The van der Waals surface area contributed by atoms with E-state index in [1.54, 1.807) is 0 Å². The highest BCUT2D eigenvalue weighted by molar-refractivity contribution is 4.87. The zero-order valence-electron chi connectivity index (χ0n) is 18.1. The second kappa shape index (κ2) is 11.5. The zero-order valence-corrected chi connectivity index (χ0v) is 18.1. The smallest absolute Gasteiger partial charge is 0.0655 e. The molecule has 0 bridgehead atoms. The standard InChI is InChI=1S/C26H45N/c1-2-3-21-4-6-22(7-5-21)8-9-23-10-12-24(13-11-23)14-15-25-16-18-26(20-27)19-17-25/h21-26H,2-19H2,1H3/t21-,22-,23-,24-,25-,26-. The van der Waals surface area contributed by atoms with Gasteiger partial charge in [0.15, 0.2) is 0 Å². The molecule has 0 unspecified atom stereocenters. The molecule has 3 saturated carbocycles. The van der Waals surface area contributed by atoms with Gasteiger partial charge in [-0.25, -0.2) is 0 Å². The predicted octanol–water partition coefficient (Wildman–Crippen LogP) is 8.29. The molecule has 0 radical (unpaired) electrons. The fourth-order valence-electron chi connectivity index (χ4n) is 6.55. The highest BCUT2D eigenvalue weighted by Gasteiger charge is 2.26. The van der Waals surface area contributed by atoms with Gasteiger partial charge in [0.05, 0.1) is 6.07 Å². The summed E-state index contributed by atoms with van der Waals surface area (Å²) in [6.07, 6.45) is 26.1. The van der Waals surface area contributed by atoms with Crippen LogP contribution in [0.15, 0.2) is 0 Å². The van der Waals surface area contributed by atoms with Crippen molar-refractivity contribution in [2.45, 2.75) is 122 Å². The Hall–Kier alpha value is -0.510. The summed E-state index contributed by atoms with van der Waals surface area (Å²) >= 11 is 0. The molecular weight excluding hydrogens is 326 g/mol. The first-order valence-electron chi connectivity index (χ1n) is 12.7. The molecule has 1 heteroatoms. The quantitative estimate of drug-likeness (QED) is 0.421. The predicted molar refractivity (Wildman–Crippen MR) is 115 cm³/mol. The summed E-state index contributed by atoms with van der Waals surface area (Å²) in [5.41, 5.74) is 0. The van der Waals surface area contributed by atoms with Crippen molar-refractivity contribution in [3.05, 3.63) is 0 Å². The summed E-state index contributed by atoms with van der Waals surface area (Å²) in [6.45, 7) is 2.35. The van der Waals surface area contributed by atoms with Crippen LogP contribution in [0.5, 0.6) is 0 Å². The minimum Gasteiger partial charge on any atom is -0.198 e. The Labute approximate surface area is 169 Å². The summed E-state index contributed by atoms with van der Waals surface area (Å²) in [5.74, 6) is 5.53. The van der Waals surface area contributed by atoms with E-state index in [4.69, 9.17) is 5.26 Å². The SMILES string of the molecule is CCC[C@H]1CC[C@H](CC[C@H]2CC[C@H](CC[C@H]3CC[C@H](C#N)CC3)CC2)CC1. The molecule has 154 valence electrons. The van der Waals surface area contributed by atoms with Crippen LogP contribution in [0.25, 0.3) is 0 Å². The van der Waals surface area contributed by atoms with E-state index in [9.17, 15) is 0 Å². The molecule has 0 spiro atoms. The highest BCUT2D eigenvalue weighted by atomic mass is 14.3. The number of hydrogen-bond acceptors (Lipinski definition) is 1. The van der Waals surface area contributed by atoms with Gasteiger partial charge < -0.3 is 0 Å². The summed E-state index contributed by atoms with van der Waals surface area (Å²) < 4.78 is 0. The van der Waals surface area contributed by atoms with Gasteiger partial charge in [-0.15, -0.1) is 0 Å². The Morgan fingerprint density at radius 3 is 1.11 bits per heavy atom. The second-order valence-electron chi connectivity index (χ2n) is 10.6. The van der Waals surface area contributed by atoms with Crippen molar-refractivity contribution in [3.8, 4) is 6.07 Å². The van der Waals surface area contributed by atoms with Crippen LogP contribution in [0.1, 0.15) is 122 Å². The first-order chi connectivity index (χ1) is 13.3. The van der Waals surface area contributed by atoms with Crippen LogP contribution in [0, 0.1) is 46.8 Å². The number of nitriles is 1. The number of nitrogens with zero attached hydrogens (tertiary/aromatic N) is 1. The van der Waals surface area contributed by atoms with Crippen LogP contribution in [-0.2, 0) is 0 Å². The molecule has 1 nitrogen and oxygen atoms in total. The second-order valence-corrected chi connectivity index (χ2v) is 10.6. The largest absolute Gasteiger partial charge is 0.198 e. The molecule has 3 aliphatic rings. The van der Waals surface area contributed by atoms with Gasteiger partial charge in [0.1, 0.15) is 0 Å². The third-order valence-electron chi connectivity index (χ3n) is 8.63. The molecule has 3 aliphatic carbocycles. The number of rotatable bonds is 8. The molecule has 0 heterocycles. The maximum absolute atomic E-state index is 9.05. The molecule has 27 heavy (non-hydrogen) atoms. The van der Waals surface area contributed by atoms with E-state index < -0.39 is 0 Å². The van der Waals surface area contributed by atoms with Crippen LogP contribution < -0.4 is 0 Å². The molecular formula is C26H45N. The Morgan fingerprint density at radius 1 is 0.519 bits per heavy atom. The highest BCUT2D eigenvalue weighted by Crippen LogP contribution is 2.39. The first kappa shape index (κ1) is 21.2. The van der Waals surface area contributed by atoms with Crippen molar-refractivity contribution in [1.29, 1.82) is 5.26 Å². The van der Waals surface area contributed by atoms with E-state index in [0.29, 0.717) is 5.92 Å². The Morgan fingerprint density at radius 2 is 0.815 bits per heavy atom. The first-order valence-corrected chi connectivity index (χ1v) is 12.7. The van der Waals surface area contributed by atoms with Crippen LogP contribution in [0.2, 0.25) is 0 Å². The Kier molecular flexibility index (Phi) is 9.02. The van der Waals surface area contributed by atoms with Gasteiger partial charge in [0, 0.05) is 5.92 Å². The molecule has 0 amide bonds. The van der Waals surface area contributed by atoms with Gasteiger partial charge in [-0.1, -0.05) is 96.8 Å². The topological polar surface area (TPSA) is 23.8 Å². The minimum absolute atomic E-state index is 0.374. The Bertz CT molecular complexity index is 426. The van der Waals surface area contributed by atoms with Crippen molar-refractivity contribution in [2.75, 3.05) is 0 Å². The van der Waals surface area contributed by atoms with Crippen molar-refractivity contribution in [2.24, 2.45) is 35.5 Å². The molecule has 0 atom stereocenters. The van der Waals surface area contributed by atoms with E-state index in [-0.39, 0.29) is 0 Å². The molecule has 0 aromatic rings. The van der Waals surface area contributed by atoms with Gasteiger partial charge >= 0.3 is 0 Å². The molecule has 0 saturated heterocycles. The summed E-state index contributed by atoms with van der Waals surface area (Å²) in [7, 11) is 0. The molecule has 0 aromatic heterocycles. The molecule has 3 fully saturated rings. The lowest BCUT2D eigenvalue weighted by atomic mass is 9.73. The van der Waals surface area contributed by atoms with Crippen molar-refractivity contribution >= 4 is 0 Å². The third-order valence-corrected chi connectivity index (χ3v) is 8.63. The zero-order chi connectivity index (χ0) is 18.9. The monoisotopic (exact) mass is 371 g/mol. The van der Waals surface area contributed by atoms with E-state index in [0.717, 1.165) is 29.6 Å². The fourth-order valence-corrected chi connectivity index (χ4v) is 6.55. The van der Waals surface area contributed by atoms with E-state index in [1.165, 1.54) is 116 Å². The average molecular weight is 372 g/mol. The van der Waals surface area contributed by atoms with Crippen LogP contribution >= 0.6 is 0 Å². The van der Waals surface area contributed by atoms with Gasteiger partial charge in [0.2, 0.25) is 0 Å². The van der Waals surface area contributed by atoms with Crippen LogP contribution in [-0.4, -0.2) is 0 Å². The van der Waals surface area contributed by atoms with Crippen LogP contribution in [0.3, 0.4) is 0 Å². The van der Waals surface area contributed by atoms with Gasteiger partial charge in [-0.05, 0) is 55.3 Å². The molecule has 0 N–H and O–H groups in total. The third kappa shape index (κ3) is 7.11. The lowest BCUT2D eigenvalue weighted by molar-refractivity contribution is 0.199. The Balaban J connectivity index is 1.23. The summed E-state index contributed by atoms with van der Waals surface area (Å²) in [4.78, 5) is 0. The van der Waals surface area contributed by atoms with Crippen molar-refractivity contribution in [1.82, 2.24) is 0 Å². The maximum Gasteiger partial charge on any atom is 0.0655 e. The minimum atomic E-state index is 0.374. The molecule has 3 rings (SSSR count). The molecule has 0 aromatic carbocycles. The number of hydrogen-bond donors (Lipinski definition) is 0. The van der Waals surface area contributed by atoms with Crippen molar-refractivity contribution in [3.63, 3.8) is 0 Å². The molecule has 0 aliphatic heterocycles. The summed E-state index contributed by atoms with van der Waals surface area (Å²) in [6, 6.07) is 2.48. The van der Waals surface area contributed by atoms with Crippen molar-refractivity contribution < 1.29 is 0 Å². The van der Waals surface area contributed by atoms with E-state index in [2.05, 4.69) is 13.0 Å². The van der Waals surface area contributed by atoms with E-state index in [1.807, 2.05) is 0 Å². The van der Waals surface area contributed by atoms with Gasteiger partial charge in [-0.2, -0.15) is 5.26 Å². The lowest BCUT2D eigenvalue weighted by Crippen LogP contribution is -2.19. The van der Waals surface area contributed by atoms with Crippen LogP contribution in [0.4, 0.5) is 0 Å². The van der Waals surface area contributed by atoms with Gasteiger partial charge in [0.25, 0.3) is 0 Å². The average Bonchev–Trinajstić information content (AvgIpc) is 2.73. The summed E-state index contributed by atoms with van der Waals surface area (Å²) in [5, 5.41) is 9.05. The normalized spacial score (nSPS) is 37.6. The lowest BCUT2D eigenvalue weighted by Gasteiger charge is -2.33. The fraction of sp³-hybridized carbons (Fsp3) is 0.962.